The molecule has 0 heterocycles. The third-order valence-electron chi connectivity index (χ3n) is 1.60. The number of benzene rings is 1. The van der Waals surface area contributed by atoms with Gasteiger partial charge in [0.1, 0.15) is 0 Å². The highest BCUT2D eigenvalue weighted by molar-refractivity contribution is 5.15. The van der Waals surface area contributed by atoms with Crippen molar-refractivity contribution in [3.8, 4) is 0 Å². The summed E-state index contributed by atoms with van der Waals surface area (Å²) >= 11 is 0. The monoisotopic (exact) mass is 177 g/mol. The molecule has 1 rings (SSSR count). The molecule has 0 spiro atoms. The lowest BCUT2D eigenvalue weighted by Crippen LogP contribution is -2.17. The maximum absolute atomic E-state index is 5.51. The van der Waals surface area contributed by atoms with E-state index in [4.69, 9.17) is 4.74 Å². The fourth-order valence-electron chi connectivity index (χ4n) is 1.00. The van der Waals surface area contributed by atoms with Gasteiger partial charge in [0.2, 0.25) is 0 Å². The molecular formula is C12H17O. The Balaban J connectivity index is 2.29. The quantitative estimate of drug-likeness (QED) is 0.689. The van der Waals surface area contributed by atoms with Gasteiger partial charge in [-0.2, -0.15) is 0 Å². The van der Waals surface area contributed by atoms with Gasteiger partial charge in [0, 0.05) is 6.42 Å². The Kier molecular flexibility index (Phi) is 3.49. The molecular weight excluding hydrogens is 160 g/mol. The largest absolute Gasteiger partial charge is 0.370 e. The summed E-state index contributed by atoms with van der Waals surface area (Å²) in [6.45, 7) is 8.02. The van der Waals surface area contributed by atoms with Crippen molar-refractivity contribution in [3.05, 3.63) is 42.5 Å². The highest BCUT2D eigenvalue weighted by atomic mass is 16.5. The summed E-state index contributed by atoms with van der Waals surface area (Å²) in [7, 11) is 0. The van der Waals surface area contributed by atoms with Gasteiger partial charge in [-0.05, 0) is 26.3 Å². The molecule has 0 aliphatic heterocycles. The second-order valence-electron chi connectivity index (χ2n) is 4.09. The van der Waals surface area contributed by atoms with Crippen molar-refractivity contribution in [1.29, 1.82) is 0 Å². The van der Waals surface area contributed by atoms with Crippen LogP contribution in [0.15, 0.2) is 30.3 Å². The van der Waals surface area contributed by atoms with Crippen molar-refractivity contribution in [2.45, 2.75) is 32.8 Å². The highest BCUT2D eigenvalue weighted by Gasteiger charge is 2.09. The van der Waals surface area contributed by atoms with E-state index >= 15 is 0 Å². The summed E-state index contributed by atoms with van der Waals surface area (Å²) in [6, 6.07) is 10.3. The molecule has 0 aliphatic rings. The van der Waals surface area contributed by atoms with Crippen molar-refractivity contribution in [2.75, 3.05) is 0 Å². The fourth-order valence-corrected chi connectivity index (χ4v) is 1.00. The Hall–Kier alpha value is -0.820. The van der Waals surface area contributed by atoms with Crippen LogP contribution < -0.4 is 0 Å². The smallest absolute Gasteiger partial charge is 0.0887 e. The second kappa shape index (κ2) is 4.43. The van der Waals surface area contributed by atoms with Crippen molar-refractivity contribution in [2.24, 2.45) is 0 Å². The van der Waals surface area contributed by atoms with Crippen LogP contribution in [-0.2, 0) is 11.2 Å². The van der Waals surface area contributed by atoms with E-state index in [0.717, 1.165) is 6.42 Å². The molecule has 1 radical (unpaired) electrons. The normalized spacial score (nSPS) is 11.6. The summed E-state index contributed by atoms with van der Waals surface area (Å²) in [5.74, 6) is 0. The number of hydrogen-bond donors (Lipinski definition) is 0. The molecule has 0 bridgehead atoms. The van der Waals surface area contributed by atoms with E-state index in [-0.39, 0.29) is 5.60 Å². The molecule has 0 saturated carbocycles. The Morgan fingerprint density at radius 3 is 2.31 bits per heavy atom. The average molecular weight is 177 g/mol. The summed E-state index contributed by atoms with van der Waals surface area (Å²) in [4.78, 5) is 0. The van der Waals surface area contributed by atoms with E-state index < -0.39 is 0 Å². The predicted molar refractivity (Wildman–Crippen MR) is 55.3 cm³/mol. The standard InChI is InChI=1S/C12H17O/c1-12(2,3)13-10-9-11-7-5-4-6-8-11/h4-8,10H,9H2,1-3H3. The van der Waals surface area contributed by atoms with Gasteiger partial charge in [-0.25, -0.2) is 0 Å². The molecule has 0 saturated heterocycles. The van der Waals surface area contributed by atoms with Gasteiger partial charge < -0.3 is 4.74 Å². The molecule has 1 nitrogen and oxygen atoms in total. The first-order valence-corrected chi connectivity index (χ1v) is 4.61. The van der Waals surface area contributed by atoms with E-state index in [1.807, 2.05) is 24.8 Å². The van der Waals surface area contributed by atoms with Gasteiger partial charge in [0.15, 0.2) is 0 Å². The SMILES string of the molecule is CC(C)(C)O[CH]Cc1ccccc1. The van der Waals surface area contributed by atoms with Gasteiger partial charge in [0.05, 0.1) is 12.2 Å². The Morgan fingerprint density at radius 2 is 1.77 bits per heavy atom. The minimum atomic E-state index is -0.0746. The van der Waals surface area contributed by atoms with Crippen molar-refractivity contribution >= 4 is 0 Å². The lowest BCUT2D eigenvalue weighted by Gasteiger charge is -2.18. The molecule has 1 aromatic rings. The maximum Gasteiger partial charge on any atom is 0.0887 e. The fraction of sp³-hybridized carbons (Fsp3) is 0.417. The molecule has 0 N–H and O–H groups in total. The molecule has 0 aromatic heterocycles. The van der Waals surface area contributed by atoms with Crippen LogP contribution in [0.25, 0.3) is 0 Å². The van der Waals surface area contributed by atoms with E-state index in [0.29, 0.717) is 0 Å². The van der Waals surface area contributed by atoms with E-state index in [9.17, 15) is 0 Å². The highest BCUT2D eigenvalue weighted by Crippen LogP contribution is 2.11. The van der Waals surface area contributed by atoms with Crippen LogP contribution in [-0.4, -0.2) is 5.60 Å². The Bertz CT molecular complexity index is 233. The molecule has 1 aromatic carbocycles. The molecule has 0 amide bonds. The third-order valence-corrected chi connectivity index (χ3v) is 1.60. The van der Waals surface area contributed by atoms with Crippen LogP contribution in [0.1, 0.15) is 26.3 Å². The van der Waals surface area contributed by atoms with Crippen LogP contribution in [0.2, 0.25) is 0 Å². The number of rotatable bonds is 3. The van der Waals surface area contributed by atoms with Gasteiger partial charge in [-0.15, -0.1) is 0 Å². The van der Waals surface area contributed by atoms with Crippen LogP contribution in [0.3, 0.4) is 0 Å². The number of hydrogen-bond acceptors (Lipinski definition) is 1. The van der Waals surface area contributed by atoms with Crippen molar-refractivity contribution in [3.63, 3.8) is 0 Å². The molecule has 13 heavy (non-hydrogen) atoms. The van der Waals surface area contributed by atoms with Crippen LogP contribution >= 0.6 is 0 Å². The van der Waals surface area contributed by atoms with E-state index in [1.165, 1.54) is 5.56 Å². The summed E-state index contributed by atoms with van der Waals surface area (Å²) < 4.78 is 5.51. The summed E-state index contributed by atoms with van der Waals surface area (Å²) in [5.41, 5.74) is 1.21. The van der Waals surface area contributed by atoms with Crippen LogP contribution in [0, 0.1) is 6.61 Å². The number of ether oxygens (including phenoxy) is 1. The van der Waals surface area contributed by atoms with Crippen LogP contribution in [0.5, 0.6) is 0 Å². The van der Waals surface area contributed by atoms with Crippen LogP contribution in [0.4, 0.5) is 0 Å². The first kappa shape index (κ1) is 10.3. The van der Waals surface area contributed by atoms with E-state index in [2.05, 4.69) is 32.9 Å². The van der Waals surface area contributed by atoms with Gasteiger partial charge in [-0.3, -0.25) is 0 Å². The summed E-state index contributed by atoms with van der Waals surface area (Å²) in [5, 5.41) is 0. The molecule has 0 atom stereocenters. The van der Waals surface area contributed by atoms with Crippen molar-refractivity contribution in [1.82, 2.24) is 0 Å². The van der Waals surface area contributed by atoms with Gasteiger partial charge >= 0.3 is 0 Å². The lowest BCUT2D eigenvalue weighted by atomic mass is 10.1. The zero-order valence-corrected chi connectivity index (χ0v) is 8.58. The average Bonchev–Trinajstić information content (AvgIpc) is 2.04. The minimum Gasteiger partial charge on any atom is -0.370 e. The summed E-state index contributed by atoms with van der Waals surface area (Å²) in [6.07, 6.45) is 0.873. The molecule has 0 unspecified atom stereocenters. The first-order valence-electron chi connectivity index (χ1n) is 4.61. The molecule has 0 aliphatic carbocycles. The molecule has 0 fully saturated rings. The van der Waals surface area contributed by atoms with Gasteiger partial charge in [0.25, 0.3) is 0 Å². The Morgan fingerprint density at radius 1 is 1.15 bits per heavy atom. The molecule has 71 valence electrons. The topological polar surface area (TPSA) is 9.23 Å². The third kappa shape index (κ3) is 4.69. The second-order valence-corrected chi connectivity index (χ2v) is 4.09. The predicted octanol–water partition coefficient (Wildman–Crippen LogP) is 3.21. The van der Waals surface area contributed by atoms with E-state index in [1.54, 1.807) is 0 Å². The van der Waals surface area contributed by atoms with Crippen molar-refractivity contribution < 1.29 is 4.74 Å². The zero-order chi connectivity index (χ0) is 9.73. The zero-order valence-electron chi connectivity index (χ0n) is 8.58. The maximum atomic E-state index is 5.51. The lowest BCUT2D eigenvalue weighted by molar-refractivity contribution is 0.0412. The Labute approximate surface area is 80.7 Å². The van der Waals surface area contributed by atoms with Gasteiger partial charge in [-0.1, -0.05) is 30.3 Å². The first-order chi connectivity index (χ1) is 6.08. The minimum absolute atomic E-state index is 0.0746. The molecule has 1 heteroatoms.